The fourth-order valence-corrected chi connectivity index (χ4v) is 4.36. The van der Waals surface area contributed by atoms with Crippen molar-refractivity contribution in [2.24, 2.45) is 5.73 Å². The number of primary amides is 1. The molecule has 1 aliphatic carbocycles. The lowest BCUT2D eigenvalue weighted by atomic mass is 10.0. The maximum atomic E-state index is 14.2. The minimum atomic E-state index is -2.94. The highest BCUT2D eigenvalue weighted by Crippen LogP contribution is 2.50. The van der Waals surface area contributed by atoms with Gasteiger partial charge in [-0.15, -0.1) is 0 Å². The molecule has 9 heteroatoms. The van der Waals surface area contributed by atoms with Crippen LogP contribution in [0, 0.1) is 0 Å². The number of aldehydes is 1. The SMILES string of the molecule is CN1CC(c2ncco2)CC1CO.NC=O.O=CCc1ccc2c(c1)-c1ccccc1C2(F)F. The molecule has 2 aliphatic rings. The fraction of sp³-hybridized carbons (Fsp3) is 0.320. The number of rotatable bonds is 4. The van der Waals surface area contributed by atoms with E-state index in [0.717, 1.165) is 30.7 Å². The van der Waals surface area contributed by atoms with Crippen LogP contribution in [-0.4, -0.2) is 53.9 Å². The number of nitrogens with two attached hydrogens (primary N) is 1. The minimum absolute atomic E-state index is 0.0262. The fourth-order valence-electron chi connectivity index (χ4n) is 4.36. The summed E-state index contributed by atoms with van der Waals surface area (Å²) < 4.78 is 33.6. The lowest BCUT2D eigenvalue weighted by Crippen LogP contribution is -2.27. The van der Waals surface area contributed by atoms with Crippen LogP contribution >= 0.6 is 0 Å². The lowest BCUT2D eigenvalue weighted by molar-refractivity contribution is -0.107. The van der Waals surface area contributed by atoms with Crippen LogP contribution in [0.15, 0.2) is 59.3 Å². The number of hydrogen-bond donors (Lipinski definition) is 2. The molecular weight excluding hydrogens is 444 g/mol. The summed E-state index contributed by atoms with van der Waals surface area (Å²) in [5.41, 5.74) is 6.10. The monoisotopic (exact) mass is 471 g/mol. The van der Waals surface area contributed by atoms with Gasteiger partial charge in [0, 0.05) is 36.1 Å². The standard InChI is InChI=1S/C15H10F2O.C9H14N2O2.CH3NO/c16-15(17)13-4-2-1-3-11(13)12-9-10(7-8-18)5-6-14(12)15;1-11-5-7(4-8(11)6-12)9-10-2-3-13-9;2-1-3/h1-6,8-9H,7H2;2-3,7-8,12H,4-6H2,1H3;1H,(H2,2,3). The zero-order chi connectivity index (χ0) is 24.7. The van der Waals surface area contributed by atoms with Crippen molar-refractivity contribution in [2.45, 2.75) is 30.7 Å². The Hall–Kier alpha value is -3.43. The summed E-state index contributed by atoms with van der Waals surface area (Å²) in [6, 6.07) is 11.5. The Morgan fingerprint density at radius 2 is 1.91 bits per heavy atom. The summed E-state index contributed by atoms with van der Waals surface area (Å²) in [6.07, 6.45) is 5.48. The number of aromatic nitrogens is 1. The van der Waals surface area contributed by atoms with Crippen molar-refractivity contribution >= 4 is 12.7 Å². The zero-order valence-corrected chi connectivity index (χ0v) is 18.7. The molecule has 0 bridgehead atoms. The van der Waals surface area contributed by atoms with E-state index >= 15 is 0 Å². The number of likely N-dealkylation sites (tertiary alicyclic amines) is 1. The molecule has 34 heavy (non-hydrogen) atoms. The number of benzene rings is 2. The van der Waals surface area contributed by atoms with Gasteiger partial charge >= 0.3 is 0 Å². The summed E-state index contributed by atoms with van der Waals surface area (Å²) in [4.78, 5) is 25.4. The van der Waals surface area contributed by atoms with E-state index in [0.29, 0.717) is 17.0 Å². The largest absolute Gasteiger partial charge is 0.449 e. The second kappa shape index (κ2) is 11.1. The molecular formula is C25H27F2N3O4. The van der Waals surface area contributed by atoms with Gasteiger partial charge in [-0.3, -0.25) is 4.79 Å². The summed E-state index contributed by atoms with van der Waals surface area (Å²) in [7, 11) is 2.02. The summed E-state index contributed by atoms with van der Waals surface area (Å²) >= 11 is 0. The zero-order valence-electron chi connectivity index (χ0n) is 18.7. The lowest BCUT2D eigenvalue weighted by Gasteiger charge is -2.15. The molecule has 0 radical (unpaired) electrons. The molecule has 3 N–H and O–H groups in total. The van der Waals surface area contributed by atoms with E-state index < -0.39 is 5.92 Å². The van der Waals surface area contributed by atoms with Crippen LogP contribution in [0.4, 0.5) is 8.78 Å². The highest BCUT2D eigenvalue weighted by Gasteiger charge is 2.43. The average Bonchev–Trinajstić information content (AvgIpc) is 3.54. The predicted molar refractivity (Wildman–Crippen MR) is 122 cm³/mol. The van der Waals surface area contributed by atoms with E-state index in [2.05, 4.69) is 15.6 Å². The molecule has 2 heterocycles. The number of carbonyl (C=O) groups excluding carboxylic acids is 2. The highest BCUT2D eigenvalue weighted by atomic mass is 19.3. The second-order valence-corrected chi connectivity index (χ2v) is 8.09. The minimum Gasteiger partial charge on any atom is -0.449 e. The van der Waals surface area contributed by atoms with Gasteiger partial charge in [0.05, 0.1) is 12.8 Å². The summed E-state index contributed by atoms with van der Waals surface area (Å²) in [5.74, 6) is -1.80. The van der Waals surface area contributed by atoms with Crippen molar-refractivity contribution in [3.8, 4) is 11.1 Å². The first-order chi connectivity index (χ1) is 16.4. The number of fused-ring (bicyclic) bond motifs is 3. The Balaban J connectivity index is 0.000000178. The van der Waals surface area contributed by atoms with E-state index in [1.807, 2.05) is 7.05 Å². The number of carbonyl (C=O) groups is 2. The van der Waals surface area contributed by atoms with Crippen LogP contribution < -0.4 is 5.73 Å². The third-order valence-electron chi connectivity index (χ3n) is 6.00. The van der Waals surface area contributed by atoms with Gasteiger partial charge in [-0.05, 0) is 30.2 Å². The van der Waals surface area contributed by atoms with E-state index in [-0.39, 0.29) is 36.6 Å². The van der Waals surface area contributed by atoms with Gasteiger partial charge in [0.1, 0.15) is 12.5 Å². The van der Waals surface area contributed by atoms with Crippen molar-refractivity contribution in [3.63, 3.8) is 0 Å². The predicted octanol–water partition coefficient (Wildman–Crippen LogP) is 3.10. The molecule has 1 aliphatic heterocycles. The normalized spacial score (nSPS) is 19.6. The first-order valence-electron chi connectivity index (χ1n) is 10.8. The number of amides is 1. The molecule has 2 aromatic carbocycles. The Morgan fingerprint density at radius 3 is 2.53 bits per heavy atom. The Labute approximate surface area is 196 Å². The summed E-state index contributed by atoms with van der Waals surface area (Å²) in [6.45, 7) is 1.14. The molecule has 1 fully saturated rings. The van der Waals surface area contributed by atoms with Gasteiger partial charge < -0.3 is 25.0 Å². The van der Waals surface area contributed by atoms with Gasteiger partial charge in [-0.2, -0.15) is 8.78 Å². The summed E-state index contributed by atoms with van der Waals surface area (Å²) in [5, 5.41) is 9.06. The number of hydrogen-bond acceptors (Lipinski definition) is 6. The molecule has 2 atom stereocenters. The number of oxazole rings is 1. The number of halogens is 2. The molecule has 3 aromatic rings. The molecule has 0 spiro atoms. The number of aliphatic hydroxyl groups is 1. The molecule has 1 saturated heterocycles. The Bertz CT molecular complexity index is 1110. The van der Waals surface area contributed by atoms with Gasteiger partial charge in [0.2, 0.25) is 6.41 Å². The van der Waals surface area contributed by atoms with Crippen LogP contribution in [0.3, 0.4) is 0 Å². The van der Waals surface area contributed by atoms with E-state index in [1.54, 1.807) is 42.8 Å². The maximum absolute atomic E-state index is 14.2. The second-order valence-electron chi connectivity index (χ2n) is 8.09. The Morgan fingerprint density at radius 1 is 1.21 bits per heavy atom. The van der Waals surface area contributed by atoms with Crippen LogP contribution in [0.2, 0.25) is 0 Å². The highest BCUT2D eigenvalue weighted by molar-refractivity contribution is 5.80. The number of aliphatic hydroxyl groups excluding tert-OH is 1. The molecule has 0 saturated carbocycles. The van der Waals surface area contributed by atoms with Gasteiger partial charge in [-0.25, -0.2) is 4.98 Å². The third-order valence-corrected chi connectivity index (χ3v) is 6.00. The topological polar surface area (TPSA) is 110 Å². The van der Waals surface area contributed by atoms with E-state index in [4.69, 9.17) is 14.3 Å². The van der Waals surface area contributed by atoms with Crippen LogP contribution in [-0.2, 0) is 21.9 Å². The first-order valence-corrected chi connectivity index (χ1v) is 10.8. The van der Waals surface area contributed by atoms with Crippen molar-refractivity contribution in [3.05, 3.63) is 77.5 Å². The molecule has 1 amide bonds. The molecule has 180 valence electrons. The van der Waals surface area contributed by atoms with E-state index in [9.17, 15) is 13.6 Å². The van der Waals surface area contributed by atoms with Crippen molar-refractivity contribution in [1.82, 2.24) is 9.88 Å². The van der Waals surface area contributed by atoms with Gasteiger partial charge in [0.15, 0.2) is 5.89 Å². The molecule has 7 nitrogen and oxygen atoms in total. The van der Waals surface area contributed by atoms with Crippen molar-refractivity contribution in [2.75, 3.05) is 20.2 Å². The van der Waals surface area contributed by atoms with E-state index in [1.165, 1.54) is 12.1 Å². The van der Waals surface area contributed by atoms with Gasteiger partial charge in [-0.1, -0.05) is 42.5 Å². The van der Waals surface area contributed by atoms with Crippen LogP contribution in [0.1, 0.15) is 34.9 Å². The smallest absolute Gasteiger partial charge is 0.299 e. The van der Waals surface area contributed by atoms with Crippen LogP contribution in [0.25, 0.3) is 11.1 Å². The number of nitrogens with zero attached hydrogens (tertiary/aromatic N) is 2. The maximum Gasteiger partial charge on any atom is 0.299 e. The Kier molecular flexibility index (Phi) is 8.25. The molecule has 1 aromatic heterocycles. The first kappa shape index (κ1) is 25.2. The molecule has 2 unspecified atom stereocenters. The number of alkyl halides is 2. The quantitative estimate of drug-likeness (QED) is 0.566. The average molecular weight is 472 g/mol. The molecule has 5 rings (SSSR count). The third kappa shape index (κ3) is 5.21. The van der Waals surface area contributed by atoms with Gasteiger partial charge in [0.25, 0.3) is 5.92 Å². The van der Waals surface area contributed by atoms with Crippen molar-refractivity contribution < 1.29 is 27.9 Å². The van der Waals surface area contributed by atoms with Crippen molar-refractivity contribution in [1.29, 1.82) is 0 Å². The van der Waals surface area contributed by atoms with Crippen LogP contribution in [0.5, 0.6) is 0 Å². The number of likely N-dealkylation sites (N-methyl/N-ethyl adjacent to an activating group) is 1.